The van der Waals surface area contributed by atoms with E-state index in [0.717, 1.165) is 30.5 Å². The Morgan fingerprint density at radius 1 is 1.31 bits per heavy atom. The van der Waals surface area contributed by atoms with E-state index in [2.05, 4.69) is 25.2 Å². The minimum Gasteiger partial charge on any atom is -0.322 e. The number of unbranched alkanes of at least 4 members (excludes halogenated alkanes) is 1. The molecule has 0 atom stereocenters. The minimum absolute atomic E-state index is 0.150. The van der Waals surface area contributed by atoms with Crippen molar-refractivity contribution in [3.63, 3.8) is 0 Å². The molecule has 2 rings (SSSR count). The number of carbonyl (C=O) groups excluding carboxylic acids is 1. The van der Waals surface area contributed by atoms with Gasteiger partial charge in [-0.15, -0.1) is 0 Å². The van der Waals surface area contributed by atoms with Gasteiger partial charge in [0, 0.05) is 12.1 Å². The van der Waals surface area contributed by atoms with Gasteiger partial charge in [0.1, 0.15) is 5.54 Å². The maximum Gasteiger partial charge on any atom is 0.255 e. The van der Waals surface area contributed by atoms with Crippen LogP contribution in [-0.2, 0) is 4.79 Å². The molecule has 2 aliphatic rings. The summed E-state index contributed by atoms with van der Waals surface area (Å²) >= 11 is 0. The molecule has 0 unspecified atom stereocenters. The van der Waals surface area contributed by atoms with Gasteiger partial charge >= 0.3 is 0 Å². The van der Waals surface area contributed by atoms with Crippen LogP contribution in [-0.4, -0.2) is 22.9 Å². The molecule has 2 nitrogen and oxygen atoms in total. The van der Waals surface area contributed by atoms with E-state index >= 15 is 0 Å². The van der Waals surface area contributed by atoms with E-state index in [1.807, 2.05) is 24.8 Å². The van der Waals surface area contributed by atoms with Crippen LogP contribution >= 0.6 is 0 Å². The molecular weight excluding hydrogens is 198 g/mol. The van der Waals surface area contributed by atoms with Gasteiger partial charge in [-0.2, -0.15) is 0 Å². The second kappa shape index (κ2) is 3.93. The van der Waals surface area contributed by atoms with Gasteiger partial charge < -0.3 is 4.90 Å². The van der Waals surface area contributed by atoms with E-state index in [1.165, 1.54) is 0 Å². The number of nitrogens with zero attached hydrogens (tertiary/aromatic N) is 1. The van der Waals surface area contributed by atoms with Crippen LogP contribution in [0.4, 0.5) is 0 Å². The highest BCUT2D eigenvalue weighted by Crippen LogP contribution is 2.48. The molecule has 1 spiro atoms. The summed E-state index contributed by atoms with van der Waals surface area (Å²) in [4.78, 5) is 14.2. The van der Waals surface area contributed by atoms with Crippen molar-refractivity contribution in [1.82, 2.24) is 4.90 Å². The number of amides is 1. The molecule has 1 aliphatic carbocycles. The van der Waals surface area contributed by atoms with Crippen LogP contribution in [0.15, 0.2) is 35.5 Å². The molecule has 0 radical (unpaired) electrons. The summed E-state index contributed by atoms with van der Waals surface area (Å²) in [6, 6.07) is 0. The Balaban J connectivity index is 2.31. The first-order valence-corrected chi connectivity index (χ1v) is 6.07. The van der Waals surface area contributed by atoms with Gasteiger partial charge in [0.15, 0.2) is 0 Å². The lowest BCUT2D eigenvalue weighted by atomic mass is 9.99. The molecule has 0 N–H and O–H groups in total. The summed E-state index contributed by atoms with van der Waals surface area (Å²) in [6.07, 6.45) is 10.5. The maximum absolute atomic E-state index is 12.2. The quantitative estimate of drug-likeness (QED) is 0.526. The van der Waals surface area contributed by atoms with Gasteiger partial charge in [0.2, 0.25) is 0 Å². The van der Waals surface area contributed by atoms with Crippen molar-refractivity contribution in [2.45, 2.75) is 39.2 Å². The highest BCUT2D eigenvalue weighted by atomic mass is 16.2. The zero-order valence-electron chi connectivity index (χ0n) is 10.3. The Hall–Kier alpha value is -1.31. The maximum atomic E-state index is 12.2. The second-order valence-electron chi connectivity index (χ2n) is 4.37. The van der Waals surface area contributed by atoms with E-state index < -0.39 is 0 Å². The van der Waals surface area contributed by atoms with E-state index in [-0.39, 0.29) is 11.4 Å². The number of hydrogen-bond acceptors (Lipinski definition) is 1. The van der Waals surface area contributed by atoms with E-state index in [0.29, 0.717) is 0 Å². The topological polar surface area (TPSA) is 20.3 Å². The Kier molecular flexibility index (Phi) is 2.75. The van der Waals surface area contributed by atoms with Gasteiger partial charge in [-0.25, -0.2) is 0 Å². The van der Waals surface area contributed by atoms with Crippen LogP contribution in [0.25, 0.3) is 0 Å². The molecule has 2 heteroatoms. The Bertz CT molecular complexity index is 395. The first-order valence-electron chi connectivity index (χ1n) is 6.07. The zero-order valence-corrected chi connectivity index (χ0v) is 10.3. The molecule has 16 heavy (non-hydrogen) atoms. The lowest BCUT2D eigenvalue weighted by molar-refractivity contribution is -0.126. The third-order valence-electron chi connectivity index (χ3n) is 3.44. The van der Waals surface area contributed by atoms with Crippen molar-refractivity contribution in [2.24, 2.45) is 0 Å². The van der Waals surface area contributed by atoms with Gasteiger partial charge in [0.05, 0.1) is 0 Å². The number of allylic oxidation sites excluding steroid dienone is 2. The van der Waals surface area contributed by atoms with Crippen LogP contribution in [0, 0.1) is 0 Å². The summed E-state index contributed by atoms with van der Waals surface area (Å²) in [6.45, 7) is 6.96. The Labute approximate surface area is 97.3 Å². The van der Waals surface area contributed by atoms with Crippen molar-refractivity contribution in [2.75, 3.05) is 6.54 Å². The van der Waals surface area contributed by atoms with E-state index in [9.17, 15) is 4.79 Å². The molecule has 1 amide bonds. The molecule has 0 aromatic rings. The molecular formula is C14H19NO. The third kappa shape index (κ3) is 1.36. The lowest BCUT2D eigenvalue weighted by Gasteiger charge is -2.24. The number of likely N-dealkylation sites (tertiary alicyclic amines) is 1. The predicted molar refractivity (Wildman–Crippen MR) is 66.0 cm³/mol. The standard InChI is InChI=1S/C14H19NO/c1-4-7-10-15-13(16)11(5-2)12(6-3)14(15)8-9-14/h5-6,8-9H,4,7,10H2,1-3H3/b11-5+,12-6+. The highest BCUT2D eigenvalue weighted by molar-refractivity contribution is 6.05. The Morgan fingerprint density at radius 3 is 2.44 bits per heavy atom. The predicted octanol–water partition coefficient (Wildman–Crippen LogP) is 2.83. The second-order valence-corrected chi connectivity index (χ2v) is 4.37. The van der Waals surface area contributed by atoms with Gasteiger partial charge in [0.25, 0.3) is 5.91 Å². The van der Waals surface area contributed by atoms with Crippen LogP contribution in [0.2, 0.25) is 0 Å². The van der Waals surface area contributed by atoms with Crippen molar-refractivity contribution in [3.05, 3.63) is 35.5 Å². The summed E-state index contributed by atoms with van der Waals surface area (Å²) < 4.78 is 0. The van der Waals surface area contributed by atoms with Crippen molar-refractivity contribution in [3.8, 4) is 0 Å². The average Bonchev–Trinajstić information content (AvgIpc) is 3.02. The van der Waals surface area contributed by atoms with Gasteiger partial charge in [-0.05, 0) is 25.8 Å². The van der Waals surface area contributed by atoms with Crippen molar-refractivity contribution < 1.29 is 4.79 Å². The molecule has 1 heterocycles. The summed E-state index contributed by atoms with van der Waals surface area (Å²) in [5.74, 6) is 0.189. The van der Waals surface area contributed by atoms with Crippen molar-refractivity contribution in [1.29, 1.82) is 0 Å². The SMILES string of the molecule is C/C=C1/C(=O)N(CCCC)C2(C=C2)/C1=C/C. The summed E-state index contributed by atoms with van der Waals surface area (Å²) in [5.41, 5.74) is 1.89. The monoisotopic (exact) mass is 217 g/mol. The molecule has 0 aromatic carbocycles. The molecule has 86 valence electrons. The number of hydrogen-bond donors (Lipinski definition) is 0. The smallest absolute Gasteiger partial charge is 0.255 e. The average molecular weight is 217 g/mol. The molecule has 0 saturated carbocycles. The zero-order chi connectivity index (χ0) is 11.8. The fourth-order valence-corrected chi connectivity index (χ4v) is 2.50. The molecule has 1 fully saturated rings. The van der Waals surface area contributed by atoms with E-state index in [4.69, 9.17) is 0 Å². The van der Waals surface area contributed by atoms with Crippen LogP contribution < -0.4 is 0 Å². The third-order valence-corrected chi connectivity index (χ3v) is 3.44. The fourth-order valence-electron chi connectivity index (χ4n) is 2.50. The lowest BCUT2D eigenvalue weighted by Crippen LogP contribution is -2.37. The number of carbonyl (C=O) groups is 1. The summed E-state index contributed by atoms with van der Waals surface area (Å²) in [5, 5.41) is 0. The van der Waals surface area contributed by atoms with Crippen molar-refractivity contribution >= 4 is 5.91 Å². The largest absolute Gasteiger partial charge is 0.322 e. The first kappa shape index (κ1) is 11.2. The molecule has 0 bridgehead atoms. The van der Waals surface area contributed by atoms with E-state index in [1.54, 1.807) is 0 Å². The Morgan fingerprint density at radius 2 is 2.00 bits per heavy atom. The fraction of sp³-hybridized carbons (Fsp3) is 0.500. The minimum atomic E-state index is -0.150. The molecule has 0 aromatic heterocycles. The first-order chi connectivity index (χ1) is 7.71. The normalized spacial score (nSPS) is 26.4. The van der Waals surface area contributed by atoms with Crippen LogP contribution in [0.3, 0.4) is 0 Å². The van der Waals surface area contributed by atoms with Crippen LogP contribution in [0.5, 0.6) is 0 Å². The van der Waals surface area contributed by atoms with Gasteiger partial charge in [-0.3, -0.25) is 4.79 Å². The molecule has 1 saturated heterocycles. The van der Waals surface area contributed by atoms with Gasteiger partial charge in [-0.1, -0.05) is 37.6 Å². The highest BCUT2D eigenvalue weighted by Gasteiger charge is 2.53. The number of rotatable bonds is 3. The van der Waals surface area contributed by atoms with Crippen LogP contribution in [0.1, 0.15) is 33.6 Å². The summed E-state index contributed by atoms with van der Waals surface area (Å²) in [7, 11) is 0. The molecule has 1 aliphatic heterocycles.